The van der Waals surface area contributed by atoms with Crippen molar-refractivity contribution in [2.45, 2.75) is 45.3 Å². The van der Waals surface area contributed by atoms with Crippen LogP contribution in [0.15, 0.2) is 35.0 Å². The lowest BCUT2D eigenvalue weighted by molar-refractivity contribution is -0.116. The summed E-state index contributed by atoms with van der Waals surface area (Å²) in [6.45, 7) is 6.67. The quantitative estimate of drug-likeness (QED) is 0.490. The van der Waals surface area contributed by atoms with E-state index in [0.29, 0.717) is 24.2 Å². The Bertz CT molecular complexity index is 446. The van der Waals surface area contributed by atoms with Gasteiger partial charge in [-0.3, -0.25) is 15.1 Å². The van der Waals surface area contributed by atoms with E-state index < -0.39 is 0 Å². The Balaban J connectivity index is 2.57. The van der Waals surface area contributed by atoms with Crippen LogP contribution in [0.3, 0.4) is 0 Å². The molecule has 1 aliphatic rings. The summed E-state index contributed by atoms with van der Waals surface area (Å²) in [6, 6.07) is 0. The topological polar surface area (TPSA) is 38.3 Å². The molecule has 0 bridgehead atoms. The van der Waals surface area contributed by atoms with Gasteiger partial charge in [-0.1, -0.05) is 37.6 Å². The summed E-state index contributed by atoms with van der Waals surface area (Å²) in [7, 11) is 0. The van der Waals surface area contributed by atoms with Crippen molar-refractivity contribution < 1.29 is 9.63 Å². The second-order valence-electron chi connectivity index (χ2n) is 5.33. The Morgan fingerprint density at radius 3 is 3.00 bits per heavy atom. The zero-order valence-electron chi connectivity index (χ0n) is 13.6. The van der Waals surface area contributed by atoms with Gasteiger partial charge in [0.1, 0.15) is 0 Å². The molecule has 1 aliphatic carbocycles. The minimum Gasteiger partial charge on any atom is -0.294 e. The van der Waals surface area contributed by atoms with Gasteiger partial charge in [0, 0.05) is 22.8 Å². The van der Waals surface area contributed by atoms with Crippen molar-refractivity contribution in [1.29, 1.82) is 0 Å². The maximum absolute atomic E-state index is 12.4. The van der Waals surface area contributed by atoms with Crippen molar-refractivity contribution in [2.24, 2.45) is 5.92 Å². The van der Waals surface area contributed by atoms with Crippen molar-refractivity contribution in [3.05, 3.63) is 35.0 Å². The number of thioether (sulfide) groups is 1. The molecule has 0 aliphatic heterocycles. The molecule has 0 fully saturated rings. The van der Waals surface area contributed by atoms with Crippen LogP contribution in [0.5, 0.6) is 0 Å². The third kappa shape index (κ3) is 6.59. The van der Waals surface area contributed by atoms with Crippen LogP contribution in [0, 0.1) is 5.92 Å². The summed E-state index contributed by atoms with van der Waals surface area (Å²) in [4.78, 5) is 17.7. The van der Waals surface area contributed by atoms with Gasteiger partial charge in [-0.25, -0.2) is 0 Å². The summed E-state index contributed by atoms with van der Waals surface area (Å²) in [5, 5.41) is 0.614. The van der Waals surface area contributed by atoms with E-state index in [2.05, 4.69) is 19.3 Å². The molecular formula is C17H26ClNO2S. The van der Waals surface area contributed by atoms with E-state index in [-0.39, 0.29) is 5.78 Å². The number of Topliss-reactive ketones (excluding diaryl/α,β-unsaturated/α-hetero) is 1. The van der Waals surface area contributed by atoms with Crippen molar-refractivity contribution in [3.63, 3.8) is 0 Å². The van der Waals surface area contributed by atoms with E-state index >= 15 is 0 Å². The predicted octanol–water partition coefficient (Wildman–Crippen LogP) is 4.60. The van der Waals surface area contributed by atoms with Gasteiger partial charge in [0.15, 0.2) is 5.78 Å². The van der Waals surface area contributed by atoms with Gasteiger partial charge in [0.2, 0.25) is 0 Å². The first kappa shape index (κ1) is 19.3. The number of rotatable bonds is 9. The van der Waals surface area contributed by atoms with Crippen LogP contribution in [0.2, 0.25) is 0 Å². The number of ketones is 1. The van der Waals surface area contributed by atoms with E-state index in [1.165, 1.54) is 5.54 Å². The molecule has 0 amide bonds. The maximum Gasteiger partial charge on any atom is 0.164 e. The number of halogens is 1. The number of carbonyl (C=O) groups excluding carboxylic acids is 1. The summed E-state index contributed by atoms with van der Waals surface area (Å²) in [5.41, 5.74) is 5.72. The van der Waals surface area contributed by atoms with Crippen LogP contribution in [-0.2, 0) is 9.63 Å². The Labute approximate surface area is 143 Å². The van der Waals surface area contributed by atoms with E-state index in [9.17, 15) is 4.79 Å². The molecule has 0 aromatic heterocycles. The molecular weight excluding hydrogens is 318 g/mol. The predicted molar refractivity (Wildman–Crippen MR) is 95.9 cm³/mol. The number of nitrogens with one attached hydrogen (secondary N) is 1. The summed E-state index contributed by atoms with van der Waals surface area (Å²) < 4.78 is 0. The van der Waals surface area contributed by atoms with Crippen LogP contribution in [0.4, 0.5) is 0 Å². The molecule has 0 radical (unpaired) electrons. The van der Waals surface area contributed by atoms with Gasteiger partial charge < -0.3 is 0 Å². The molecule has 0 heterocycles. The van der Waals surface area contributed by atoms with Crippen molar-refractivity contribution in [2.75, 3.05) is 12.4 Å². The normalized spacial score (nSPS) is 21.1. The van der Waals surface area contributed by atoms with Gasteiger partial charge in [0.25, 0.3) is 0 Å². The number of allylic oxidation sites excluding steroid dienone is 3. The molecule has 0 saturated carbocycles. The zero-order chi connectivity index (χ0) is 16.4. The highest BCUT2D eigenvalue weighted by Gasteiger charge is 2.25. The molecule has 0 aromatic carbocycles. The number of hydroxylamine groups is 1. The zero-order valence-corrected chi connectivity index (χ0v) is 15.2. The van der Waals surface area contributed by atoms with Gasteiger partial charge in [-0.2, -0.15) is 11.8 Å². The molecule has 1 rings (SSSR count). The molecule has 5 heteroatoms. The standard InChI is InChI=1S/C17H26ClNO2S/c1-4-16(19-21-10-6-9-18)15-8-7-14(12-17(15)20)11-13(3)22-5-2/h4,6,8-9,13-14,19H,5,7,10-12H2,1-3H3. The van der Waals surface area contributed by atoms with Crippen LogP contribution < -0.4 is 5.48 Å². The smallest absolute Gasteiger partial charge is 0.164 e. The number of carbonyl (C=O) groups is 1. The summed E-state index contributed by atoms with van der Waals surface area (Å²) in [5.74, 6) is 1.79. The number of hydrogen-bond acceptors (Lipinski definition) is 4. The monoisotopic (exact) mass is 343 g/mol. The van der Waals surface area contributed by atoms with Gasteiger partial charge in [-0.05, 0) is 37.5 Å². The second-order valence-corrected chi connectivity index (χ2v) is 7.29. The summed E-state index contributed by atoms with van der Waals surface area (Å²) >= 11 is 7.39. The fraction of sp³-hybridized carbons (Fsp3) is 0.588. The van der Waals surface area contributed by atoms with E-state index in [0.717, 1.165) is 29.9 Å². The average Bonchev–Trinajstić information content (AvgIpc) is 2.49. The minimum absolute atomic E-state index is 0.196. The first-order valence-corrected chi connectivity index (χ1v) is 9.25. The molecule has 124 valence electrons. The Morgan fingerprint density at radius 1 is 1.64 bits per heavy atom. The first-order chi connectivity index (χ1) is 10.6. The van der Waals surface area contributed by atoms with Crippen LogP contribution in [-0.4, -0.2) is 23.4 Å². The maximum atomic E-state index is 12.4. The third-order valence-electron chi connectivity index (χ3n) is 3.58. The average molecular weight is 344 g/mol. The number of hydrogen-bond donors (Lipinski definition) is 1. The minimum atomic E-state index is 0.196. The van der Waals surface area contributed by atoms with Gasteiger partial charge in [-0.15, -0.1) is 0 Å². The highest BCUT2D eigenvalue weighted by Crippen LogP contribution is 2.30. The van der Waals surface area contributed by atoms with Crippen LogP contribution >= 0.6 is 23.4 Å². The lowest BCUT2D eigenvalue weighted by Gasteiger charge is -2.24. The molecule has 3 nitrogen and oxygen atoms in total. The largest absolute Gasteiger partial charge is 0.294 e. The fourth-order valence-corrected chi connectivity index (χ4v) is 3.64. The molecule has 22 heavy (non-hydrogen) atoms. The molecule has 2 atom stereocenters. The molecule has 0 spiro atoms. The van der Waals surface area contributed by atoms with E-state index in [1.54, 1.807) is 6.08 Å². The lowest BCUT2D eigenvalue weighted by Crippen LogP contribution is -2.24. The van der Waals surface area contributed by atoms with E-state index in [4.69, 9.17) is 16.4 Å². The molecule has 1 N–H and O–H groups in total. The van der Waals surface area contributed by atoms with Crippen LogP contribution in [0.25, 0.3) is 0 Å². The molecule has 0 aromatic rings. The summed E-state index contributed by atoms with van der Waals surface area (Å²) in [6.07, 6.45) is 8.27. The van der Waals surface area contributed by atoms with Crippen molar-refractivity contribution in [3.8, 4) is 0 Å². The highest BCUT2D eigenvalue weighted by molar-refractivity contribution is 7.99. The third-order valence-corrected chi connectivity index (χ3v) is 4.85. The van der Waals surface area contributed by atoms with Crippen molar-refractivity contribution >= 4 is 29.1 Å². The molecule has 0 saturated heterocycles. The lowest BCUT2D eigenvalue weighted by atomic mass is 9.84. The van der Waals surface area contributed by atoms with Crippen molar-refractivity contribution in [1.82, 2.24) is 5.48 Å². The Hall–Kier alpha value is -0.710. The van der Waals surface area contributed by atoms with Gasteiger partial charge >= 0.3 is 0 Å². The van der Waals surface area contributed by atoms with Gasteiger partial charge in [0.05, 0.1) is 12.3 Å². The van der Waals surface area contributed by atoms with Crippen LogP contribution in [0.1, 0.15) is 40.0 Å². The highest BCUT2D eigenvalue weighted by atomic mass is 35.5. The fourth-order valence-electron chi connectivity index (χ4n) is 2.59. The van der Waals surface area contributed by atoms with E-state index in [1.807, 2.05) is 30.8 Å². The Morgan fingerprint density at radius 2 is 2.41 bits per heavy atom. The SMILES string of the molecule is CC=C(NOCC=CCl)C1=CCC(CC(C)SCC)CC1=O. The second kappa shape index (κ2) is 10.9. The first-order valence-electron chi connectivity index (χ1n) is 7.77. The Kier molecular flexibility index (Phi) is 9.60. The molecule has 2 unspecified atom stereocenters.